The quantitative estimate of drug-likeness (QED) is 0.843. The molecule has 0 aliphatic heterocycles. The van der Waals surface area contributed by atoms with Crippen LogP contribution in [0.25, 0.3) is 0 Å². The maximum atomic E-state index is 5.44. The molecule has 0 saturated heterocycles. The van der Waals surface area contributed by atoms with Gasteiger partial charge in [-0.2, -0.15) is 0 Å². The standard InChI is InChI=1S/C15H26N2O/c1-10(2)13(16-5)7-8-14-12(4)15(18-6)11(3)9-17-14/h9-10,13,16H,7-8H2,1-6H3. The molecule has 3 nitrogen and oxygen atoms in total. The number of ether oxygens (including phenoxy) is 1. The summed E-state index contributed by atoms with van der Waals surface area (Å²) in [5.74, 6) is 1.62. The molecule has 1 atom stereocenters. The van der Waals surface area contributed by atoms with Crippen molar-refractivity contribution in [1.29, 1.82) is 0 Å². The molecule has 1 unspecified atom stereocenters. The lowest BCUT2D eigenvalue weighted by Crippen LogP contribution is -2.31. The molecule has 18 heavy (non-hydrogen) atoms. The lowest BCUT2D eigenvalue weighted by atomic mass is 9.97. The average molecular weight is 250 g/mol. The van der Waals surface area contributed by atoms with Crippen LogP contribution in [0, 0.1) is 19.8 Å². The van der Waals surface area contributed by atoms with E-state index in [2.05, 4.69) is 31.1 Å². The molecule has 3 heteroatoms. The maximum absolute atomic E-state index is 5.44. The molecule has 0 spiro atoms. The summed E-state index contributed by atoms with van der Waals surface area (Å²) in [4.78, 5) is 4.54. The van der Waals surface area contributed by atoms with E-state index in [9.17, 15) is 0 Å². The molecule has 1 aromatic rings. The fourth-order valence-electron chi connectivity index (χ4n) is 2.43. The van der Waals surface area contributed by atoms with E-state index in [1.54, 1.807) is 7.11 Å². The summed E-state index contributed by atoms with van der Waals surface area (Å²) < 4.78 is 5.44. The third kappa shape index (κ3) is 3.45. The molecule has 0 bridgehead atoms. The van der Waals surface area contributed by atoms with E-state index in [4.69, 9.17) is 4.74 Å². The number of aryl methyl sites for hydroxylation is 2. The van der Waals surface area contributed by atoms with Gasteiger partial charge in [-0.1, -0.05) is 13.8 Å². The zero-order valence-corrected chi connectivity index (χ0v) is 12.5. The molecule has 1 heterocycles. The number of nitrogens with zero attached hydrogens (tertiary/aromatic N) is 1. The lowest BCUT2D eigenvalue weighted by molar-refractivity contribution is 0.396. The highest BCUT2D eigenvalue weighted by molar-refractivity contribution is 5.41. The van der Waals surface area contributed by atoms with E-state index in [0.29, 0.717) is 12.0 Å². The number of rotatable bonds is 6. The summed E-state index contributed by atoms with van der Waals surface area (Å²) in [6.45, 7) is 8.62. The molecule has 102 valence electrons. The van der Waals surface area contributed by atoms with Crippen molar-refractivity contribution >= 4 is 0 Å². The van der Waals surface area contributed by atoms with Crippen molar-refractivity contribution in [3.8, 4) is 5.75 Å². The molecule has 1 N–H and O–H groups in total. The van der Waals surface area contributed by atoms with E-state index >= 15 is 0 Å². The fraction of sp³-hybridized carbons (Fsp3) is 0.667. The Morgan fingerprint density at radius 2 is 2.00 bits per heavy atom. The zero-order chi connectivity index (χ0) is 13.7. The van der Waals surface area contributed by atoms with Gasteiger partial charge in [0.1, 0.15) is 5.75 Å². The maximum Gasteiger partial charge on any atom is 0.128 e. The van der Waals surface area contributed by atoms with Gasteiger partial charge in [-0.05, 0) is 39.7 Å². The van der Waals surface area contributed by atoms with Gasteiger partial charge in [-0.25, -0.2) is 0 Å². The first-order valence-electron chi connectivity index (χ1n) is 6.67. The summed E-state index contributed by atoms with van der Waals surface area (Å²) in [5.41, 5.74) is 3.43. The molecule has 0 aromatic carbocycles. The van der Waals surface area contributed by atoms with Crippen molar-refractivity contribution in [2.45, 2.75) is 46.6 Å². The van der Waals surface area contributed by atoms with Crippen LogP contribution < -0.4 is 10.1 Å². The highest BCUT2D eigenvalue weighted by Crippen LogP contribution is 2.25. The van der Waals surface area contributed by atoms with Gasteiger partial charge in [0.25, 0.3) is 0 Å². The topological polar surface area (TPSA) is 34.2 Å². The first-order valence-corrected chi connectivity index (χ1v) is 6.67. The van der Waals surface area contributed by atoms with Crippen molar-refractivity contribution in [3.05, 3.63) is 23.0 Å². The molecular weight excluding hydrogens is 224 g/mol. The van der Waals surface area contributed by atoms with Gasteiger partial charge >= 0.3 is 0 Å². The summed E-state index contributed by atoms with van der Waals surface area (Å²) in [6, 6.07) is 0.540. The highest BCUT2D eigenvalue weighted by atomic mass is 16.5. The third-order valence-electron chi connectivity index (χ3n) is 3.62. The molecule has 0 aliphatic rings. The molecule has 0 fully saturated rings. The number of hydrogen-bond donors (Lipinski definition) is 1. The summed E-state index contributed by atoms with van der Waals surface area (Å²) in [7, 11) is 3.75. The van der Waals surface area contributed by atoms with Gasteiger partial charge in [0.15, 0.2) is 0 Å². The van der Waals surface area contributed by atoms with Gasteiger partial charge in [-0.3, -0.25) is 4.98 Å². The Bertz CT molecular complexity index is 388. The predicted molar refractivity (Wildman–Crippen MR) is 76.3 cm³/mol. The van der Waals surface area contributed by atoms with Gasteiger partial charge < -0.3 is 10.1 Å². The molecular formula is C15H26N2O. The zero-order valence-electron chi connectivity index (χ0n) is 12.5. The fourth-order valence-corrected chi connectivity index (χ4v) is 2.43. The average Bonchev–Trinajstić information content (AvgIpc) is 2.32. The Hall–Kier alpha value is -1.09. The van der Waals surface area contributed by atoms with Crippen LogP contribution in [-0.2, 0) is 6.42 Å². The van der Waals surface area contributed by atoms with Crippen molar-refractivity contribution in [3.63, 3.8) is 0 Å². The highest BCUT2D eigenvalue weighted by Gasteiger charge is 2.14. The normalized spacial score (nSPS) is 12.8. The van der Waals surface area contributed by atoms with Crippen LogP contribution in [-0.4, -0.2) is 25.2 Å². The van der Waals surface area contributed by atoms with Crippen molar-refractivity contribution in [1.82, 2.24) is 10.3 Å². The first-order chi connectivity index (χ1) is 8.51. The number of hydrogen-bond acceptors (Lipinski definition) is 3. The minimum absolute atomic E-state index is 0.540. The number of aromatic nitrogens is 1. The van der Waals surface area contributed by atoms with E-state index in [-0.39, 0.29) is 0 Å². The van der Waals surface area contributed by atoms with Crippen molar-refractivity contribution < 1.29 is 4.74 Å². The Kier molecular flexibility index (Phi) is 5.60. The second kappa shape index (κ2) is 6.74. The van der Waals surface area contributed by atoms with Crippen LogP contribution in [0.5, 0.6) is 5.75 Å². The van der Waals surface area contributed by atoms with Crippen LogP contribution in [0.3, 0.4) is 0 Å². The van der Waals surface area contributed by atoms with Gasteiger partial charge in [0.2, 0.25) is 0 Å². The Balaban J connectivity index is 2.79. The second-order valence-corrected chi connectivity index (χ2v) is 5.22. The largest absolute Gasteiger partial charge is 0.496 e. The molecule has 0 saturated carbocycles. The van der Waals surface area contributed by atoms with Gasteiger partial charge in [0, 0.05) is 29.1 Å². The van der Waals surface area contributed by atoms with Crippen LogP contribution >= 0.6 is 0 Å². The smallest absolute Gasteiger partial charge is 0.128 e. The third-order valence-corrected chi connectivity index (χ3v) is 3.62. The molecule has 0 radical (unpaired) electrons. The van der Waals surface area contributed by atoms with Crippen molar-refractivity contribution in [2.24, 2.45) is 5.92 Å². The summed E-state index contributed by atoms with van der Waals surface area (Å²) in [6.07, 6.45) is 4.01. The van der Waals surface area contributed by atoms with Crippen LogP contribution in [0.2, 0.25) is 0 Å². The minimum Gasteiger partial charge on any atom is -0.496 e. The number of nitrogens with one attached hydrogen (secondary N) is 1. The van der Waals surface area contributed by atoms with Crippen LogP contribution in [0.15, 0.2) is 6.20 Å². The predicted octanol–water partition coefficient (Wildman–Crippen LogP) is 2.88. The van der Waals surface area contributed by atoms with Gasteiger partial charge in [-0.15, -0.1) is 0 Å². The van der Waals surface area contributed by atoms with E-state index in [1.807, 2.05) is 20.2 Å². The molecule has 0 amide bonds. The lowest BCUT2D eigenvalue weighted by Gasteiger charge is -2.20. The minimum atomic E-state index is 0.540. The summed E-state index contributed by atoms with van der Waals surface area (Å²) in [5, 5.41) is 3.37. The molecule has 1 aromatic heterocycles. The van der Waals surface area contributed by atoms with E-state index in [1.165, 1.54) is 5.56 Å². The Labute approximate surface area is 111 Å². The monoisotopic (exact) mass is 250 g/mol. The van der Waals surface area contributed by atoms with E-state index in [0.717, 1.165) is 29.8 Å². The SMILES string of the molecule is CNC(CCc1ncc(C)c(OC)c1C)C(C)C. The Morgan fingerprint density at radius 1 is 1.33 bits per heavy atom. The van der Waals surface area contributed by atoms with Crippen molar-refractivity contribution in [2.75, 3.05) is 14.2 Å². The first kappa shape index (κ1) is 15.0. The van der Waals surface area contributed by atoms with Gasteiger partial charge in [0.05, 0.1) is 7.11 Å². The van der Waals surface area contributed by atoms with Crippen LogP contribution in [0.4, 0.5) is 0 Å². The Morgan fingerprint density at radius 3 is 2.50 bits per heavy atom. The molecule has 0 aliphatic carbocycles. The summed E-state index contributed by atoms with van der Waals surface area (Å²) >= 11 is 0. The molecule has 1 rings (SSSR count). The van der Waals surface area contributed by atoms with Crippen LogP contribution in [0.1, 0.15) is 37.1 Å². The number of pyridine rings is 1. The number of methoxy groups -OCH3 is 1. The van der Waals surface area contributed by atoms with E-state index < -0.39 is 0 Å². The second-order valence-electron chi connectivity index (χ2n) is 5.22.